The van der Waals surface area contributed by atoms with Crippen molar-refractivity contribution in [2.24, 2.45) is 5.41 Å². The summed E-state index contributed by atoms with van der Waals surface area (Å²) in [4.78, 5) is 30.1. The molecule has 3 aromatic carbocycles. The number of benzene rings is 3. The number of carbonyl (C=O) groups excluding carboxylic acids is 2. The van der Waals surface area contributed by atoms with E-state index in [4.69, 9.17) is 27.9 Å². The third-order valence-corrected chi connectivity index (χ3v) is 7.20. The first-order valence-electron chi connectivity index (χ1n) is 12.2. The minimum atomic E-state index is -0.609. The van der Waals surface area contributed by atoms with Gasteiger partial charge in [0.25, 0.3) is 5.91 Å². The molecule has 4 rings (SSSR count). The molecule has 1 aliphatic heterocycles. The van der Waals surface area contributed by atoms with Crippen LogP contribution in [0.25, 0.3) is 0 Å². The standard InChI is InChI=1S/C29H29Cl2FN2O3/c1-33(18-21-7-3-2-4-8-21)27(35)17-29(20-37-24-10-5-9-23(30)16-24)13-6-14-34(19-29)28(36)22-11-12-26(32)25(31)15-22/h2-5,7-12,15-16H,6,13-14,17-20H2,1H3/t29-/m1/s1. The van der Waals surface area contributed by atoms with Crippen molar-refractivity contribution in [3.63, 3.8) is 0 Å². The maximum atomic E-state index is 13.7. The zero-order valence-electron chi connectivity index (χ0n) is 20.6. The molecule has 0 N–H and O–H groups in total. The van der Waals surface area contributed by atoms with E-state index in [1.54, 1.807) is 35.0 Å². The first-order valence-corrected chi connectivity index (χ1v) is 12.9. The van der Waals surface area contributed by atoms with Gasteiger partial charge in [0.1, 0.15) is 11.6 Å². The normalized spacial score (nSPS) is 17.4. The van der Waals surface area contributed by atoms with Crippen molar-refractivity contribution in [1.82, 2.24) is 9.80 Å². The van der Waals surface area contributed by atoms with Crippen molar-refractivity contribution in [3.8, 4) is 5.75 Å². The lowest BCUT2D eigenvalue weighted by Crippen LogP contribution is -2.50. The van der Waals surface area contributed by atoms with Gasteiger partial charge in [0.2, 0.25) is 5.91 Å². The number of likely N-dealkylation sites (tertiary alicyclic amines) is 1. The van der Waals surface area contributed by atoms with Gasteiger partial charge in [-0.05, 0) is 54.8 Å². The molecule has 3 aromatic rings. The molecule has 0 unspecified atom stereocenters. The molecular weight excluding hydrogens is 514 g/mol. The Morgan fingerprint density at radius 3 is 2.57 bits per heavy atom. The molecule has 2 amide bonds. The Balaban J connectivity index is 1.54. The molecule has 5 nitrogen and oxygen atoms in total. The van der Waals surface area contributed by atoms with Crippen molar-refractivity contribution in [2.75, 3.05) is 26.7 Å². The monoisotopic (exact) mass is 542 g/mol. The van der Waals surface area contributed by atoms with Gasteiger partial charge in [0.15, 0.2) is 0 Å². The lowest BCUT2D eigenvalue weighted by Gasteiger charge is -2.43. The molecule has 1 saturated heterocycles. The molecule has 0 bridgehead atoms. The Morgan fingerprint density at radius 1 is 1.05 bits per heavy atom. The van der Waals surface area contributed by atoms with Crippen LogP contribution in [0.2, 0.25) is 10.0 Å². The number of amides is 2. The van der Waals surface area contributed by atoms with E-state index in [2.05, 4.69) is 0 Å². The lowest BCUT2D eigenvalue weighted by atomic mass is 9.77. The van der Waals surface area contributed by atoms with Gasteiger partial charge in [0.05, 0.1) is 11.6 Å². The molecule has 1 heterocycles. The molecule has 0 radical (unpaired) electrons. The largest absolute Gasteiger partial charge is 0.493 e. The van der Waals surface area contributed by atoms with Crippen LogP contribution in [0.15, 0.2) is 72.8 Å². The highest BCUT2D eigenvalue weighted by molar-refractivity contribution is 6.31. The van der Waals surface area contributed by atoms with E-state index in [0.717, 1.165) is 5.56 Å². The van der Waals surface area contributed by atoms with Crippen molar-refractivity contribution >= 4 is 35.0 Å². The predicted octanol–water partition coefficient (Wildman–Crippen LogP) is 6.48. The number of rotatable bonds is 8. The van der Waals surface area contributed by atoms with Crippen LogP contribution in [0.1, 0.15) is 35.2 Å². The molecular formula is C29H29Cl2FN2O3. The van der Waals surface area contributed by atoms with Crippen LogP contribution >= 0.6 is 23.2 Å². The number of hydrogen-bond donors (Lipinski definition) is 0. The van der Waals surface area contributed by atoms with Crippen molar-refractivity contribution < 1.29 is 18.7 Å². The number of piperidine rings is 1. The van der Waals surface area contributed by atoms with E-state index in [-0.39, 0.29) is 29.9 Å². The van der Waals surface area contributed by atoms with Crippen LogP contribution in [0.4, 0.5) is 4.39 Å². The van der Waals surface area contributed by atoms with Gasteiger partial charge in [-0.3, -0.25) is 9.59 Å². The molecule has 8 heteroatoms. The Morgan fingerprint density at radius 2 is 1.84 bits per heavy atom. The molecule has 1 atom stereocenters. The maximum absolute atomic E-state index is 13.7. The SMILES string of the molecule is CN(Cc1ccccc1)C(=O)C[C@]1(COc2cccc(Cl)c2)CCCN(C(=O)c2ccc(F)c(Cl)c2)C1. The first kappa shape index (κ1) is 27.0. The fraction of sp³-hybridized carbons (Fsp3) is 0.310. The van der Waals surface area contributed by atoms with Crippen molar-refractivity contribution in [1.29, 1.82) is 0 Å². The smallest absolute Gasteiger partial charge is 0.253 e. The van der Waals surface area contributed by atoms with Gasteiger partial charge in [-0.25, -0.2) is 4.39 Å². The summed E-state index contributed by atoms with van der Waals surface area (Å²) in [6, 6.07) is 20.9. The average Bonchev–Trinajstić information content (AvgIpc) is 2.89. The lowest BCUT2D eigenvalue weighted by molar-refractivity contribution is -0.134. The van der Waals surface area contributed by atoms with Crippen LogP contribution in [-0.2, 0) is 11.3 Å². The molecule has 0 saturated carbocycles. The molecule has 194 valence electrons. The Labute approximate surface area is 226 Å². The molecule has 0 aromatic heterocycles. The number of ether oxygens (including phenoxy) is 1. The third-order valence-electron chi connectivity index (χ3n) is 6.67. The van der Waals surface area contributed by atoms with Crippen molar-refractivity contribution in [2.45, 2.75) is 25.8 Å². The predicted molar refractivity (Wildman–Crippen MR) is 143 cm³/mol. The second kappa shape index (κ2) is 12.0. The molecule has 1 fully saturated rings. The Hall–Kier alpha value is -3.09. The van der Waals surface area contributed by atoms with Gasteiger partial charge >= 0.3 is 0 Å². The highest BCUT2D eigenvalue weighted by Crippen LogP contribution is 2.36. The second-order valence-corrected chi connectivity index (χ2v) is 10.5. The summed E-state index contributed by atoms with van der Waals surface area (Å²) < 4.78 is 19.8. The number of halogens is 3. The summed E-state index contributed by atoms with van der Waals surface area (Å²) in [6.07, 6.45) is 1.63. The number of hydrogen-bond acceptors (Lipinski definition) is 3. The van der Waals surface area contributed by atoms with Gasteiger partial charge in [-0.1, -0.05) is 59.6 Å². The minimum absolute atomic E-state index is 0.0299. The number of nitrogens with zero attached hydrogens (tertiary/aromatic N) is 2. The highest BCUT2D eigenvalue weighted by Gasteiger charge is 2.41. The highest BCUT2D eigenvalue weighted by atomic mass is 35.5. The van der Waals surface area contributed by atoms with E-state index < -0.39 is 11.2 Å². The zero-order chi connectivity index (χ0) is 26.4. The van der Waals surface area contributed by atoms with Crippen LogP contribution < -0.4 is 4.74 Å². The van der Waals surface area contributed by atoms with Gasteiger partial charge in [-0.15, -0.1) is 0 Å². The van der Waals surface area contributed by atoms with E-state index >= 15 is 0 Å². The van der Waals surface area contributed by atoms with Crippen LogP contribution in [0.5, 0.6) is 5.75 Å². The second-order valence-electron chi connectivity index (χ2n) is 9.62. The van der Waals surface area contributed by atoms with Crippen LogP contribution in [-0.4, -0.2) is 48.4 Å². The average molecular weight is 543 g/mol. The van der Waals surface area contributed by atoms with Gasteiger partial charge < -0.3 is 14.5 Å². The Kier molecular flexibility index (Phi) is 8.72. The van der Waals surface area contributed by atoms with Gasteiger partial charge in [0, 0.05) is 49.1 Å². The summed E-state index contributed by atoms with van der Waals surface area (Å²) in [5.41, 5.74) is 0.740. The maximum Gasteiger partial charge on any atom is 0.253 e. The number of carbonyl (C=O) groups is 2. The quantitative estimate of drug-likeness (QED) is 0.327. The molecule has 37 heavy (non-hydrogen) atoms. The van der Waals surface area contributed by atoms with E-state index in [1.807, 2.05) is 36.4 Å². The zero-order valence-corrected chi connectivity index (χ0v) is 22.1. The van der Waals surface area contributed by atoms with Crippen LogP contribution in [0, 0.1) is 11.2 Å². The Bertz CT molecular complexity index is 1260. The minimum Gasteiger partial charge on any atom is -0.493 e. The van der Waals surface area contributed by atoms with Crippen LogP contribution in [0.3, 0.4) is 0 Å². The summed E-state index contributed by atoms with van der Waals surface area (Å²) in [5.74, 6) is -0.254. The van der Waals surface area contributed by atoms with E-state index in [1.165, 1.54) is 18.2 Å². The van der Waals surface area contributed by atoms with Crippen molar-refractivity contribution in [3.05, 3.63) is 99.8 Å². The summed E-state index contributed by atoms with van der Waals surface area (Å²) >= 11 is 12.1. The molecule has 0 spiro atoms. The van der Waals surface area contributed by atoms with E-state index in [9.17, 15) is 14.0 Å². The van der Waals surface area contributed by atoms with Gasteiger partial charge in [-0.2, -0.15) is 0 Å². The summed E-state index contributed by atoms with van der Waals surface area (Å²) in [5, 5.41) is 0.454. The molecule has 1 aliphatic rings. The molecule has 0 aliphatic carbocycles. The summed E-state index contributed by atoms with van der Waals surface area (Å²) in [6.45, 7) is 1.58. The third kappa shape index (κ3) is 7.02. The fourth-order valence-corrected chi connectivity index (χ4v) is 5.06. The fourth-order valence-electron chi connectivity index (χ4n) is 4.70. The topological polar surface area (TPSA) is 49.9 Å². The van der Waals surface area contributed by atoms with E-state index in [0.29, 0.717) is 48.8 Å². The first-order chi connectivity index (χ1) is 17.7. The summed E-state index contributed by atoms with van der Waals surface area (Å²) in [7, 11) is 1.78.